The van der Waals surface area contributed by atoms with E-state index in [-0.39, 0.29) is 0 Å². The molecule has 1 unspecified atom stereocenters. The van der Waals surface area contributed by atoms with Crippen molar-refractivity contribution in [2.45, 2.75) is 24.3 Å². The van der Waals surface area contributed by atoms with Crippen molar-refractivity contribution in [3.8, 4) is 0 Å². The van der Waals surface area contributed by atoms with Crippen molar-refractivity contribution < 1.29 is 0 Å². The highest BCUT2D eigenvalue weighted by Gasteiger charge is 2.16. The Hall–Kier alpha value is -0.670. The molecule has 3 N–H and O–H groups in total. The molecule has 1 heterocycles. The van der Waals surface area contributed by atoms with Crippen molar-refractivity contribution >= 4 is 17.4 Å². The van der Waals surface area contributed by atoms with Gasteiger partial charge < -0.3 is 11.1 Å². The molecule has 2 nitrogen and oxygen atoms in total. The lowest BCUT2D eigenvalue weighted by molar-refractivity contribution is 0.718. The van der Waals surface area contributed by atoms with E-state index in [2.05, 4.69) is 30.4 Å². The Balaban J connectivity index is 2.16. The first-order chi connectivity index (χ1) is 6.79. The van der Waals surface area contributed by atoms with Crippen molar-refractivity contribution in [2.24, 2.45) is 5.73 Å². The molecule has 0 aliphatic carbocycles. The van der Waals surface area contributed by atoms with E-state index in [0.717, 1.165) is 18.7 Å². The van der Waals surface area contributed by atoms with Crippen molar-refractivity contribution in [1.82, 2.24) is 0 Å². The summed E-state index contributed by atoms with van der Waals surface area (Å²) < 4.78 is 0. The summed E-state index contributed by atoms with van der Waals surface area (Å²) in [4.78, 5) is 1.36. The van der Waals surface area contributed by atoms with Crippen LogP contribution in [0.4, 0.5) is 5.69 Å². The summed E-state index contributed by atoms with van der Waals surface area (Å²) >= 11 is 1.93. The van der Waals surface area contributed by atoms with Gasteiger partial charge in [-0.25, -0.2) is 0 Å². The van der Waals surface area contributed by atoms with E-state index in [1.165, 1.54) is 16.1 Å². The molecule has 1 aromatic rings. The monoisotopic (exact) mass is 208 g/mol. The Kier molecular flexibility index (Phi) is 2.99. The molecule has 0 amide bonds. The van der Waals surface area contributed by atoms with E-state index < -0.39 is 0 Å². The third-order valence-electron chi connectivity index (χ3n) is 2.45. The highest BCUT2D eigenvalue weighted by Crippen LogP contribution is 2.34. The SMILES string of the molecule is Cc1ccc2c(c1)NC(CCN)CS2. The minimum atomic E-state index is 0.541. The lowest BCUT2D eigenvalue weighted by atomic mass is 10.1. The van der Waals surface area contributed by atoms with Crippen LogP contribution in [0.25, 0.3) is 0 Å². The van der Waals surface area contributed by atoms with Crippen LogP contribution in [0.5, 0.6) is 0 Å². The maximum atomic E-state index is 5.56. The van der Waals surface area contributed by atoms with E-state index in [9.17, 15) is 0 Å². The fourth-order valence-electron chi connectivity index (χ4n) is 1.69. The second kappa shape index (κ2) is 4.24. The number of hydrogen-bond acceptors (Lipinski definition) is 3. The van der Waals surface area contributed by atoms with Crippen LogP contribution in [0.2, 0.25) is 0 Å². The second-order valence-electron chi connectivity index (χ2n) is 3.73. The average molecular weight is 208 g/mol. The van der Waals surface area contributed by atoms with Crippen LogP contribution >= 0.6 is 11.8 Å². The van der Waals surface area contributed by atoms with Crippen LogP contribution < -0.4 is 11.1 Å². The van der Waals surface area contributed by atoms with Crippen LogP contribution in [0.15, 0.2) is 23.1 Å². The van der Waals surface area contributed by atoms with Gasteiger partial charge in [0.05, 0.1) is 0 Å². The Morgan fingerprint density at radius 2 is 2.43 bits per heavy atom. The molecular weight excluding hydrogens is 192 g/mol. The molecule has 1 aliphatic heterocycles. The highest BCUT2D eigenvalue weighted by atomic mass is 32.2. The summed E-state index contributed by atoms with van der Waals surface area (Å²) in [6.45, 7) is 2.89. The molecule has 1 atom stereocenters. The molecule has 0 saturated carbocycles. The maximum Gasteiger partial charge on any atom is 0.0483 e. The Bertz CT molecular complexity index is 325. The predicted octanol–water partition coefficient (Wildman–Crippen LogP) is 2.23. The number of benzene rings is 1. The van der Waals surface area contributed by atoms with Crippen molar-refractivity contribution in [2.75, 3.05) is 17.6 Å². The summed E-state index contributed by atoms with van der Waals surface area (Å²) in [6, 6.07) is 7.11. The van der Waals surface area contributed by atoms with Gasteiger partial charge in [0, 0.05) is 22.4 Å². The number of thioether (sulfide) groups is 1. The summed E-state index contributed by atoms with van der Waals surface area (Å²) in [5.41, 5.74) is 8.15. The zero-order valence-corrected chi connectivity index (χ0v) is 9.23. The molecular formula is C11H16N2S. The van der Waals surface area contributed by atoms with Gasteiger partial charge in [-0.3, -0.25) is 0 Å². The normalized spacial score (nSPS) is 20.0. The third kappa shape index (κ3) is 2.04. The average Bonchev–Trinajstić information content (AvgIpc) is 2.17. The van der Waals surface area contributed by atoms with Crippen LogP contribution in [-0.4, -0.2) is 18.3 Å². The molecule has 0 aromatic heterocycles. The molecule has 14 heavy (non-hydrogen) atoms. The van der Waals surface area contributed by atoms with Gasteiger partial charge in [0.1, 0.15) is 0 Å². The number of aryl methyl sites for hydroxylation is 1. The van der Waals surface area contributed by atoms with Crippen molar-refractivity contribution in [3.63, 3.8) is 0 Å². The largest absolute Gasteiger partial charge is 0.381 e. The smallest absolute Gasteiger partial charge is 0.0483 e. The maximum absolute atomic E-state index is 5.56. The molecule has 0 bridgehead atoms. The van der Waals surface area contributed by atoms with Crippen LogP contribution in [0, 0.1) is 6.92 Å². The van der Waals surface area contributed by atoms with Gasteiger partial charge in [-0.2, -0.15) is 0 Å². The first-order valence-corrected chi connectivity index (χ1v) is 5.98. The molecule has 0 saturated heterocycles. The number of nitrogens with one attached hydrogen (secondary N) is 1. The Labute approximate surface area is 89.3 Å². The molecule has 1 aliphatic rings. The minimum Gasteiger partial charge on any atom is -0.381 e. The standard InChI is InChI=1S/C11H16N2S/c1-8-2-3-11-10(6-8)13-9(4-5-12)7-14-11/h2-3,6,9,13H,4-5,7,12H2,1H3. The van der Waals surface area contributed by atoms with E-state index in [0.29, 0.717) is 6.04 Å². The van der Waals surface area contributed by atoms with Crippen LogP contribution in [0.1, 0.15) is 12.0 Å². The number of fused-ring (bicyclic) bond motifs is 1. The quantitative estimate of drug-likeness (QED) is 0.782. The first kappa shape index (κ1) is 9.87. The first-order valence-electron chi connectivity index (χ1n) is 4.99. The molecule has 0 spiro atoms. The topological polar surface area (TPSA) is 38.0 Å². The van der Waals surface area contributed by atoms with E-state index in [1.807, 2.05) is 11.8 Å². The number of anilines is 1. The van der Waals surface area contributed by atoms with E-state index in [4.69, 9.17) is 5.73 Å². The van der Waals surface area contributed by atoms with Gasteiger partial charge in [0.15, 0.2) is 0 Å². The van der Waals surface area contributed by atoms with Crippen LogP contribution in [-0.2, 0) is 0 Å². The lowest BCUT2D eigenvalue weighted by Gasteiger charge is -2.26. The Morgan fingerprint density at radius 1 is 1.57 bits per heavy atom. The number of hydrogen-bond donors (Lipinski definition) is 2. The van der Waals surface area contributed by atoms with Gasteiger partial charge in [-0.05, 0) is 37.6 Å². The fourth-order valence-corrected chi connectivity index (χ4v) is 2.76. The van der Waals surface area contributed by atoms with Gasteiger partial charge in [-0.1, -0.05) is 6.07 Å². The summed E-state index contributed by atoms with van der Waals surface area (Å²) in [7, 11) is 0. The predicted molar refractivity (Wildman–Crippen MR) is 63.0 cm³/mol. The molecule has 76 valence electrons. The number of rotatable bonds is 2. The van der Waals surface area contributed by atoms with E-state index >= 15 is 0 Å². The van der Waals surface area contributed by atoms with Gasteiger partial charge in [-0.15, -0.1) is 11.8 Å². The Morgan fingerprint density at radius 3 is 3.21 bits per heavy atom. The molecule has 3 heteroatoms. The summed E-state index contributed by atoms with van der Waals surface area (Å²) in [6.07, 6.45) is 1.06. The van der Waals surface area contributed by atoms with Gasteiger partial charge in [0.25, 0.3) is 0 Å². The molecule has 1 aromatic carbocycles. The summed E-state index contributed by atoms with van der Waals surface area (Å²) in [5.74, 6) is 1.13. The molecule has 0 radical (unpaired) electrons. The highest BCUT2D eigenvalue weighted by molar-refractivity contribution is 7.99. The fraction of sp³-hybridized carbons (Fsp3) is 0.455. The van der Waals surface area contributed by atoms with Crippen molar-refractivity contribution in [3.05, 3.63) is 23.8 Å². The lowest BCUT2D eigenvalue weighted by Crippen LogP contribution is -2.28. The molecule has 0 fully saturated rings. The second-order valence-corrected chi connectivity index (χ2v) is 4.79. The number of nitrogens with two attached hydrogens (primary N) is 1. The van der Waals surface area contributed by atoms with Gasteiger partial charge in [0.2, 0.25) is 0 Å². The summed E-state index contributed by atoms with van der Waals surface area (Å²) in [5, 5.41) is 3.54. The zero-order chi connectivity index (χ0) is 9.97. The van der Waals surface area contributed by atoms with E-state index in [1.54, 1.807) is 0 Å². The van der Waals surface area contributed by atoms with Crippen molar-refractivity contribution in [1.29, 1.82) is 0 Å². The molecule has 2 rings (SSSR count). The minimum absolute atomic E-state index is 0.541. The van der Waals surface area contributed by atoms with Gasteiger partial charge >= 0.3 is 0 Å². The zero-order valence-electron chi connectivity index (χ0n) is 8.42. The third-order valence-corrected chi connectivity index (χ3v) is 3.69. The van der Waals surface area contributed by atoms with Crippen LogP contribution in [0.3, 0.4) is 0 Å².